The van der Waals surface area contributed by atoms with E-state index in [2.05, 4.69) is 5.32 Å². The maximum Gasteiger partial charge on any atom is 0.416 e. The highest BCUT2D eigenvalue weighted by molar-refractivity contribution is 7.92. The quantitative estimate of drug-likeness (QED) is 0.345. The van der Waals surface area contributed by atoms with Crippen LogP contribution in [0.4, 0.5) is 27.6 Å². The molecule has 2 aromatic rings. The minimum absolute atomic E-state index is 0.0500. The molecule has 0 bridgehead atoms. The summed E-state index contributed by atoms with van der Waals surface area (Å²) in [6, 6.07) is 4.23. The molecule has 0 saturated carbocycles. The third kappa shape index (κ3) is 7.82. The number of carbonyl (C=O) groups excluding carboxylic acids is 1. The van der Waals surface area contributed by atoms with Crippen LogP contribution in [0.25, 0.3) is 6.08 Å². The zero-order chi connectivity index (χ0) is 25.7. The minimum Gasteiger partial charge on any atom is -0.346 e. The number of anilines is 1. The van der Waals surface area contributed by atoms with Gasteiger partial charge in [-0.3, -0.25) is 9.52 Å². The van der Waals surface area contributed by atoms with Gasteiger partial charge in [-0.15, -0.1) is 0 Å². The lowest BCUT2D eigenvalue weighted by atomic mass is 9.98. The van der Waals surface area contributed by atoms with Gasteiger partial charge in [-0.2, -0.15) is 13.2 Å². The average Bonchev–Trinajstić information content (AvgIpc) is 2.72. The Bertz CT molecular complexity index is 1150. The molecule has 1 atom stereocenters. The maximum absolute atomic E-state index is 14.2. The van der Waals surface area contributed by atoms with Crippen molar-refractivity contribution in [2.75, 3.05) is 11.0 Å². The van der Waals surface area contributed by atoms with Crippen LogP contribution in [0.3, 0.4) is 0 Å². The fourth-order valence-corrected chi connectivity index (χ4v) is 3.73. The van der Waals surface area contributed by atoms with Crippen LogP contribution in [-0.2, 0) is 27.4 Å². The van der Waals surface area contributed by atoms with Crippen molar-refractivity contribution in [2.24, 2.45) is 0 Å². The van der Waals surface area contributed by atoms with Crippen LogP contribution in [0, 0.1) is 11.6 Å². The Balaban J connectivity index is 2.18. The Labute approximate surface area is 195 Å². The van der Waals surface area contributed by atoms with Crippen molar-refractivity contribution in [1.82, 2.24) is 5.32 Å². The summed E-state index contributed by atoms with van der Waals surface area (Å²) in [5.74, 6) is -2.93. The van der Waals surface area contributed by atoms with Crippen LogP contribution in [0.1, 0.15) is 55.0 Å². The summed E-state index contributed by atoms with van der Waals surface area (Å²) in [4.78, 5) is 12.3. The van der Waals surface area contributed by atoms with Crippen molar-refractivity contribution in [3.05, 3.63) is 70.3 Å². The molecule has 0 radical (unpaired) electrons. The zero-order valence-electron chi connectivity index (χ0n) is 18.8. The number of halogens is 5. The molecule has 5 nitrogen and oxygen atoms in total. The number of unbranched alkanes of at least 4 members (excludes halogenated alkanes) is 1. The fraction of sp³-hybridized carbons (Fsp3) is 0.348. The summed E-state index contributed by atoms with van der Waals surface area (Å²) in [7, 11) is -3.90. The van der Waals surface area contributed by atoms with Gasteiger partial charge in [0, 0.05) is 6.08 Å². The number of rotatable bonds is 9. The largest absolute Gasteiger partial charge is 0.416 e. The highest BCUT2D eigenvalue weighted by Gasteiger charge is 2.30. The van der Waals surface area contributed by atoms with Gasteiger partial charge in [0.15, 0.2) is 11.6 Å². The van der Waals surface area contributed by atoms with Gasteiger partial charge in [-0.25, -0.2) is 17.2 Å². The molecule has 1 amide bonds. The lowest BCUT2D eigenvalue weighted by Gasteiger charge is -2.15. The first-order valence-corrected chi connectivity index (χ1v) is 12.3. The Morgan fingerprint density at radius 2 is 1.74 bits per heavy atom. The number of amides is 1. The summed E-state index contributed by atoms with van der Waals surface area (Å²) in [5.41, 5.74) is -0.642. The first-order valence-electron chi connectivity index (χ1n) is 10.4. The first-order chi connectivity index (χ1) is 15.7. The fourth-order valence-electron chi connectivity index (χ4n) is 3.16. The standard InChI is InChI=1S/C23H25F5N2O3S/c1-4-5-6-16-11-18(23(26,27)28)9-7-15(16)8-10-21(31)29-14(2)17-12-19(24)22(20(25)13-17)30-34(3,32)33/h7-14,30H,4-6H2,1-3H3,(H,29,31). The highest BCUT2D eigenvalue weighted by Crippen LogP contribution is 2.31. The first kappa shape index (κ1) is 27.3. The number of alkyl halides is 3. The van der Waals surface area contributed by atoms with Crippen molar-refractivity contribution in [3.63, 3.8) is 0 Å². The van der Waals surface area contributed by atoms with Crippen molar-refractivity contribution < 1.29 is 35.2 Å². The van der Waals surface area contributed by atoms with E-state index in [0.29, 0.717) is 24.0 Å². The Hall–Kier alpha value is -2.95. The van der Waals surface area contributed by atoms with Gasteiger partial charge in [0.05, 0.1) is 17.9 Å². The predicted molar refractivity (Wildman–Crippen MR) is 120 cm³/mol. The van der Waals surface area contributed by atoms with E-state index in [4.69, 9.17) is 0 Å². The predicted octanol–water partition coefficient (Wildman–Crippen LogP) is 5.59. The van der Waals surface area contributed by atoms with E-state index in [1.807, 2.05) is 6.92 Å². The summed E-state index contributed by atoms with van der Waals surface area (Å²) in [6.07, 6.45) is 0.640. The highest BCUT2D eigenvalue weighted by atomic mass is 32.2. The second kappa shape index (κ2) is 11.0. The number of sulfonamides is 1. The second-order valence-electron chi connectivity index (χ2n) is 7.81. The molecule has 0 spiro atoms. The van der Waals surface area contributed by atoms with Gasteiger partial charge < -0.3 is 5.32 Å². The number of carbonyl (C=O) groups is 1. The molecule has 34 heavy (non-hydrogen) atoms. The number of hydrogen-bond acceptors (Lipinski definition) is 3. The monoisotopic (exact) mass is 504 g/mol. The molecule has 11 heteroatoms. The zero-order valence-corrected chi connectivity index (χ0v) is 19.6. The summed E-state index contributed by atoms with van der Waals surface area (Å²) in [5, 5.41) is 2.51. The van der Waals surface area contributed by atoms with Crippen LogP contribution in [0.15, 0.2) is 36.4 Å². The van der Waals surface area contributed by atoms with E-state index in [-0.39, 0.29) is 5.56 Å². The Morgan fingerprint density at radius 3 is 2.26 bits per heavy atom. The van der Waals surface area contributed by atoms with E-state index < -0.39 is 51.0 Å². The molecule has 0 saturated heterocycles. The van der Waals surface area contributed by atoms with Gasteiger partial charge in [0.25, 0.3) is 0 Å². The summed E-state index contributed by atoms with van der Waals surface area (Å²) < 4.78 is 91.7. The molecular formula is C23H25F5N2O3S. The SMILES string of the molecule is CCCCc1cc(C(F)(F)F)ccc1C=CC(=O)NC(C)c1cc(F)c(NS(C)(=O)=O)c(F)c1. The molecule has 186 valence electrons. The molecule has 2 rings (SSSR count). The Kier molecular flexibility index (Phi) is 8.82. The number of nitrogens with one attached hydrogen (secondary N) is 2. The van der Waals surface area contributed by atoms with E-state index in [9.17, 15) is 35.2 Å². The summed E-state index contributed by atoms with van der Waals surface area (Å²) in [6.45, 7) is 3.38. The van der Waals surface area contributed by atoms with Crippen molar-refractivity contribution in [3.8, 4) is 0 Å². The van der Waals surface area contributed by atoms with Gasteiger partial charge in [-0.05, 0) is 66.8 Å². The second-order valence-corrected chi connectivity index (χ2v) is 9.56. The molecule has 2 aromatic carbocycles. The van der Waals surface area contributed by atoms with Crippen LogP contribution in [0.2, 0.25) is 0 Å². The van der Waals surface area contributed by atoms with Crippen LogP contribution in [-0.4, -0.2) is 20.6 Å². The van der Waals surface area contributed by atoms with Gasteiger partial charge in [0.2, 0.25) is 15.9 Å². The third-order valence-corrected chi connectivity index (χ3v) is 5.47. The number of hydrogen-bond donors (Lipinski definition) is 2. The molecule has 2 N–H and O–H groups in total. The van der Waals surface area contributed by atoms with Crippen molar-refractivity contribution in [1.29, 1.82) is 0 Å². The molecule has 0 fully saturated rings. The number of benzene rings is 2. The van der Waals surface area contributed by atoms with Crippen LogP contribution >= 0.6 is 0 Å². The molecular weight excluding hydrogens is 479 g/mol. The van der Waals surface area contributed by atoms with E-state index in [1.165, 1.54) is 19.1 Å². The van der Waals surface area contributed by atoms with Crippen LogP contribution < -0.4 is 10.0 Å². The van der Waals surface area contributed by atoms with Crippen molar-refractivity contribution in [2.45, 2.75) is 45.3 Å². The van der Waals surface area contributed by atoms with Gasteiger partial charge >= 0.3 is 6.18 Å². The van der Waals surface area contributed by atoms with E-state index in [1.54, 1.807) is 4.72 Å². The average molecular weight is 505 g/mol. The summed E-state index contributed by atoms with van der Waals surface area (Å²) >= 11 is 0. The third-order valence-electron chi connectivity index (χ3n) is 4.89. The Morgan fingerprint density at radius 1 is 1.12 bits per heavy atom. The van der Waals surface area contributed by atoms with E-state index >= 15 is 0 Å². The molecule has 0 aliphatic heterocycles. The minimum atomic E-state index is -4.48. The molecule has 1 unspecified atom stereocenters. The van der Waals surface area contributed by atoms with E-state index in [0.717, 1.165) is 43.0 Å². The molecule has 0 heterocycles. The molecule has 0 aliphatic carbocycles. The van der Waals surface area contributed by atoms with Crippen LogP contribution in [0.5, 0.6) is 0 Å². The lowest BCUT2D eigenvalue weighted by molar-refractivity contribution is -0.137. The molecule has 0 aliphatic rings. The number of aryl methyl sites for hydroxylation is 1. The smallest absolute Gasteiger partial charge is 0.346 e. The van der Waals surface area contributed by atoms with Gasteiger partial charge in [-0.1, -0.05) is 19.4 Å². The van der Waals surface area contributed by atoms with Gasteiger partial charge in [0.1, 0.15) is 5.69 Å². The normalized spacial score (nSPS) is 13.2. The maximum atomic E-state index is 14.2. The topological polar surface area (TPSA) is 75.3 Å². The van der Waals surface area contributed by atoms with Crippen molar-refractivity contribution >= 4 is 27.7 Å². The molecule has 0 aromatic heterocycles. The lowest BCUT2D eigenvalue weighted by Crippen LogP contribution is -2.25.